The molecule has 0 saturated heterocycles. The lowest BCUT2D eigenvalue weighted by atomic mass is 10.2. The SMILES string of the molecule is CC(N)=O.Cc1cccc([N+](=O)[O-])c1.Cl.Cl.Cl. The topological polar surface area (TPSA) is 86.2 Å². The van der Waals surface area contributed by atoms with E-state index < -0.39 is 4.92 Å². The number of rotatable bonds is 1. The minimum Gasteiger partial charge on any atom is -0.370 e. The Kier molecular flexibility index (Phi) is 19.1. The molecule has 0 aromatic heterocycles. The van der Waals surface area contributed by atoms with Crippen molar-refractivity contribution < 1.29 is 9.72 Å². The van der Waals surface area contributed by atoms with Crippen molar-refractivity contribution in [2.45, 2.75) is 13.8 Å². The fourth-order valence-electron chi connectivity index (χ4n) is 0.742. The number of hydrogen-bond donors (Lipinski definition) is 1. The van der Waals surface area contributed by atoms with Crippen LogP contribution in [0.15, 0.2) is 24.3 Å². The monoisotopic (exact) mass is 304 g/mol. The van der Waals surface area contributed by atoms with E-state index in [0.29, 0.717) is 0 Å². The lowest BCUT2D eigenvalue weighted by molar-refractivity contribution is -0.384. The normalized spacial score (nSPS) is 6.94. The van der Waals surface area contributed by atoms with E-state index in [1.807, 2.05) is 13.0 Å². The zero-order chi connectivity index (χ0) is 11.1. The third kappa shape index (κ3) is 15.0. The average Bonchev–Trinajstić information content (AvgIpc) is 2.03. The second-order valence-electron chi connectivity index (χ2n) is 2.71. The minimum absolute atomic E-state index is 0. The van der Waals surface area contributed by atoms with Crippen molar-refractivity contribution in [2.75, 3.05) is 0 Å². The van der Waals surface area contributed by atoms with Gasteiger partial charge in [-0.05, 0) is 12.5 Å². The van der Waals surface area contributed by atoms with E-state index in [9.17, 15) is 14.9 Å². The van der Waals surface area contributed by atoms with Crippen molar-refractivity contribution in [3.63, 3.8) is 0 Å². The Hall–Kier alpha value is -1.04. The molecule has 17 heavy (non-hydrogen) atoms. The largest absolute Gasteiger partial charge is 0.370 e. The lowest BCUT2D eigenvalue weighted by Crippen LogP contribution is -2.01. The summed E-state index contributed by atoms with van der Waals surface area (Å²) in [6.07, 6.45) is 0. The maximum absolute atomic E-state index is 10.2. The highest BCUT2D eigenvalue weighted by Crippen LogP contribution is 2.11. The van der Waals surface area contributed by atoms with Gasteiger partial charge in [-0.1, -0.05) is 12.1 Å². The number of carbonyl (C=O) groups is 1. The predicted molar refractivity (Wildman–Crippen MR) is 74.4 cm³/mol. The Morgan fingerprint density at radius 3 is 1.94 bits per heavy atom. The zero-order valence-corrected chi connectivity index (χ0v) is 11.7. The third-order valence-corrected chi connectivity index (χ3v) is 1.21. The van der Waals surface area contributed by atoms with Crippen LogP contribution in [0.5, 0.6) is 0 Å². The molecule has 0 aliphatic heterocycles. The molecule has 8 heteroatoms. The van der Waals surface area contributed by atoms with E-state index in [0.717, 1.165) is 5.56 Å². The molecule has 0 heterocycles. The van der Waals surface area contributed by atoms with Gasteiger partial charge in [-0.25, -0.2) is 0 Å². The van der Waals surface area contributed by atoms with E-state index in [4.69, 9.17) is 0 Å². The van der Waals surface area contributed by atoms with Gasteiger partial charge in [0.2, 0.25) is 5.91 Å². The van der Waals surface area contributed by atoms with E-state index in [1.54, 1.807) is 12.1 Å². The van der Waals surface area contributed by atoms with Crippen molar-refractivity contribution in [1.82, 2.24) is 0 Å². The summed E-state index contributed by atoms with van der Waals surface area (Å²) in [5, 5.41) is 10.2. The number of primary amides is 1. The third-order valence-electron chi connectivity index (χ3n) is 1.21. The first-order chi connectivity index (χ1) is 6.43. The van der Waals surface area contributed by atoms with Crippen LogP contribution in [0.3, 0.4) is 0 Å². The molecule has 0 aliphatic rings. The molecule has 100 valence electrons. The Bertz CT molecular complexity index is 344. The van der Waals surface area contributed by atoms with Crippen molar-refractivity contribution in [3.05, 3.63) is 39.9 Å². The number of amides is 1. The standard InChI is InChI=1S/C7H7NO2.C2H5NO.3ClH/c1-6-3-2-4-7(5-6)8(9)10;1-2(3)4;;;/h2-5H,1H3;1H3,(H2,3,4);3*1H. The maximum Gasteiger partial charge on any atom is 0.269 e. The fraction of sp³-hybridized carbons (Fsp3) is 0.222. The summed E-state index contributed by atoms with van der Waals surface area (Å²) in [6.45, 7) is 3.13. The van der Waals surface area contributed by atoms with Crippen molar-refractivity contribution in [2.24, 2.45) is 5.73 Å². The Morgan fingerprint density at radius 1 is 1.29 bits per heavy atom. The van der Waals surface area contributed by atoms with Crippen LogP contribution < -0.4 is 5.73 Å². The van der Waals surface area contributed by atoms with E-state index >= 15 is 0 Å². The van der Waals surface area contributed by atoms with Crippen LogP contribution in [-0.4, -0.2) is 10.8 Å². The van der Waals surface area contributed by atoms with Crippen LogP contribution >= 0.6 is 37.2 Å². The molecule has 0 atom stereocenters. The van der Waals surface area contributed by atoms with Gasteiger partial charge in [-0.3, -0.25) is 14.9 Å². The molecule has 0 bridgehead atoms. The van der Waals surface area contributed by atoms with Crippen LogP contribution in [-0.2, 0) is 4.79 Å². The van der Waals surface area contributed by atoms with Crippen LogP contribution in [0.25, 0.3) is 0 Å². The number of nitrogens with two attached hydrogens (primary N) is 1. The molecule has 1 rings (SSSR count). The summed E-state index contributed by atoms with van der Waals surface area (Å²) in [5.74, 6) is -0.333. The van der Waals surface area contributed by atoms with Crippen molar-refractivity contribution >= 4 is 48.8 Å². The van der Waals surface area contributed by atoms with Gasteiger partial charge < -0.3 is 5.73 Å². The van der Waals surface area contributed by atoms with Crippen LogP contribution in [0.2, 0.25) is 0 Å². The highest BCUT2D eigenvalue weighted by molar-refractivity contribution is 5.86. The first-order valence-corrected chi connectivity index (χ1v) is 3.90. The molecule has 1 aromatic carbocycles. The molecule has 1 aromatic rings. The number of nitro benzene ring substituents is 1. The van der Waals surface area contributed by atoms with Gasteiger partial charge in [0.05, 0.1) is 4.92 Å². The lowest BCUT2D eigenvalue weighted by Gasteiger charge is -1.90. The van der Waals surface area contributed by atoms with E-state index in [2.05, 4.69) is 5.73 Å². The summed E-state index contributed by atoms with van der Waals surface area (Å²) >= 11 is 0. The predicted octanol–water partition coefficient (Wildman–Crippen LogP) is 2.66. The summed E-state index contributed by atoms with van der Waals surface area (Å²) in [6, 6.07) is 6.52. The second-order valence-corrected chi connectivity index (χ2v) is 2.71. The number of aryl methyl sites for hydroxylation is 1. The van der Waals surface area contributed by atoms with Gasteiger partial charge in [0.15, 0.2) is 0 Å². The van der Waals surface area contributed by atoms with Gasteiger partial charge in [0, 0.05) is 19.1 Å². The Labute approximate surface area is 118 Å². The summed E-state index contributed by atoms with van der Waals surface area (Å²) in [4.78, 5) is 19.0. The molecule has 0 spiro atoms. The zero-order valence-electron chi connectivity index (χ0n) is 9.28. The van der Waals surface area contributed by atoms with Gasteiger partial charge in [0.1, 0.15) is 0 Å². The summed E-state index contributed by atoms with van der Waals surface area (Å²) in [5.41, 5.74) is 5.54. The molecule has 0 radical (unpaired) electrons. The highest BCUT2D eigenvalue weighted by atomic mass is 35.5. The van der Waals surface area contributed by atoms with Crippen LogP contribution in [0.1, 0.15) is 12.5 Å². The summed E-state index contributed by atoms with van der Waals surface area (Å²) < 4.78 is 0. The number of non-ortho nitro benzene ring substituents is 1. The Morgan fingerprint density at radius 2 is 1.71 bits per heavy atom. The number of carbonyl (C=O) groups excluding carboxylic acids is 1. The highest BCUT2D eigenvalue weighted by Gasteiger charge is 2.01. The fourth-order valence-corrected chi connectivity index (χ4v) is 0.742. The molecule has 0 aliphatic carbocycles. The molecule has 0 saturated carbocycles. The number of nitrogens with zero attached hydrogens (tertiary/aromatic N) is 1. The average molecular weight is 306 g/mol. The molecule has 1 amide bonds. The number of benzene rings is 1. The molecular formula is C9H15Cl3N2O3. The number of nitro groups is 1. The first kappa shape index (κ1) is 25.0. The molecule has 0 unspecified atom stereocenters. The molecule has 2 N–H and O–H groups in total. The van der Waals surface area contributed by atoms with Crippen molar-refractivity contribution in [1.29, 1.82) is 0 Å². The first-order valence-electron chi connectivity index (χ1n) is 3.90. The van der Waals surface area contributed by atoms with Gasteiger partial charge in [-0.2, -0.15) is 0 Å². The number of hydrogen-bond acceptors (Lipinski definition) is 3. The van der Waals surface area contributed by atoms with Gasteiger partial charge in [-0.15, -0.1) is 37.2 Å². The minimum atomic E-state index is -0.396. The van der Waals surface area contributed by atoms with Crippen molar-refractivity contribution in [3.8, 4) is 0 Å². The number of halogens is 3. The van der Waals surface area contributed by atoms with Crippen LogP contribution in [0.4, 0.5) is 5.69 Å². The Balaban J connectivity index is -0.000000108. The second kappa shape index (κ2) is 13.0. The molecule has 0 fully saturated rings. The summed E-state index contributed by atoms with van der Waals surface area (Å²) in [7, 11) is 0. The maximum atomic E-state index is 10.2. The molecular weight excluding hydrogens is 290 g/mol. The van der Waals surface area contributed by atoms with Crippen LogP contribution in [0, 0.1) is 17.0 Å². The van der Waals surface area contributed by atoms with E-state index in [-0.39, 0.29) is 48.8 Å². The smallest absolute Gasteiger partial charge is 0.269 e. The molecule has 5 nitrogen and oxygen atoms in total. The van der Waals surface area contributed by atoms with Gasteiger partial charge in [0.25, 0.3) is 5.69 Å². The van der Waals surface area contributed by atoms with E-state index in [1.165, 1.54) is 13.0 Å². The van der Waals surface area contributed by atoms with Gasteiger partial charge >= 0.3 is 0 Å². The quantitative estimate of drug-likeness (QED) is 0.639.